The van der Waals surface area contributed by atoms with Crippen molar-refractivity contribution in [3.63, 3.8) is 0 Å². The molecule has 4 aliphatic rings. The summed E-state index contributed by atoms with van der Waals surface area (Å²) in [4.78, 5) is 61.0. The Kier molecular flexibility index (Phi) is 11.5. The standard InChI is InChI=1S/C36H46F3N7O5/c37-36(38,39)51-31-11-5-4-10-29(31)40-34(49)41-30(33(48)45-22-14-26(15-23-45)43-18-6-1-7-19-43)12-13-32(47)44-20-16-27(17-21-44)46-24-25-8-2-3-9-28(25)42-35(46)50/h2-5,8-11,26-27,30H,1,6-7,12-24H2,(H,42,50)(H2,40,41,49)/t30-/m0/s1. The number of para-hydroxylation sites is 3. The van der Waals surface area contributed by atoms with E-state index >= 15 is 0 Å². The van der Waals surface area contributed by atoms with Crippen LogP contribution in [0.3, 0.4) is 0 Å². The van der Waals surface area contributed by atoms with E-state index in [1.807, 2.05) is 29.2 Å². The molecule has 0 aromatic heterocycles. The highest BCUT2D eigenvalue weighted by Crippen LogP contribution is 2.31. The normalized spacial score (nSPS) is 19.9. The predicted octanol–water partition coefficient (Wildman–Crippen LogP) is 5.37. The molecule has 4 aliphatic heterocycles. The van der Waals surface area contributed by atoms with E-state index in [-0.39, 0.29) is 42.4 Å². The Labute approximate surface area is 295 Å². The summed E-state index contributed by atoms with van der Waals surface area (Å²) < 4.78 is 43.0. The minimum atomic E-state index is -4.96. The summed E-state index contributed by atoms with van der Waals surface area (Å²) in [6, 6.07) is 11.1. The number of nitrogens with zero attached hydrogens (tertiary/aromatic N) is 4. The van der Waals surface area contributed by atoms with Crippen LogP contribution in [-0.2, 0) is 16.1 Å². The summed E-state index contributed by atoms with van der Waals surface area (Å²) in [6.07, 6.45) is 1.44. The van der Waals surface area contributed by atoms with Crippen molar-refractivity contribution in [2.75, 3.05) is 49.9 Å². The van der Waals surface area contributed by atoms with Crippen LogP contribution in [0.15, 0.2) is 48.5 Å². The summed E-state index contributed by atoms with van der Waals surface area (Å²) in [7, 11) is 0. The molecular formula is C36H46F3N7O5. The van der Waals surface area contributed by atoms with Gasteiger partial charge in [-0.3, -0.25) is 9.59 Å². The molecule has 3 N–H and O–H groups in total. The van der Waals surface area contributed by atoms with Crippen LogP contribution < -0.4 is 20.7 Å². The number of hydrogen-bond donors (Lipinski definition) is 3. The molecule has 6 rings (SSSR count). The zero-order valence-electron chi connectivity index (χ0n) is 28.6. The number of fused-ring (bicyclic) bond motifs is 1. The van der Waals surface area contributed by atoms with Crippen LogP contribution >= 0.6 is 0 Å². The lowest BCUT2D eigenvalue weighted by atomic mass is 9.98. The molecule has 276 valence electrons. The van der Waals surface area contributed by atoms with Crippen molar-refractivity contribution in [3.05, 3.63) is 54.1 Å². The van der Waals surface area contributed by atoms with Crippen molar-refractivity contribution in [2.45, 2.75) is 88.8 Å². The smallest absolute Gasteiger partial charge is 0.404 e. The van der Waals surface area contributed by atoms with Gasteiger partial charge in [0.25, 0.3) is 0 Å². The van der Waals surface area contributed by atoms with Gasteiger partial charge >= 0.3 is 18.4 Å². The molecule has 0 saturated carbocycles. The molecule has 3 saturated heterocycles. The van der Waals surface area contributed by atoms with E-state index in [4.69, 9.17) is 0 Å². The third-order valence-corrected chi connectivity index (χ3v) is 10.4. The molecular weight excluding hydrogens is 667 g/mol. The predicted molar refractivity (Wildman–Crippen MR) is 184 cm³/mol. The van der Waals surface area contributed by atoms with Gasteiger partial charge in [-0.15, -0.1) is 13.2 Å². The third-order valence-electron chi connectivity index (χ3n) is 10.4. The van der Waals surface area contributed by atoms with Crippen LogP contribution in [-0.4, -0.2) is 107 Å². The van der Waals surface area contributed by atoms with Crippen molar-refractivity contribution in [1.29, 1.82) is 0 Å². The van der Waals surface area contributed by atoms with E-state index in [0.29, 0.717) is 51.6 Å². The average molecular weight is 714 g/mol. The summed E-state index contributed by atoms with van der Waals surface area (Å²) in [6.45, 7) is 4.53. The molecule has 6 amide bonds. The first-order chi connectivity index (χ1) is 24.5. The number of ether oxygens (including phenoxy) is 1. The van der Waals surface area contributed by atoms with Crippen molar-refractivity contribution < 1.29 is 37.1 Å². The molecule has 4 heterocycles. The number of hydrogen-bond acceptors (Lipinski definition) is 6. The number of nitrogens with one attached hydrogen (secondary N) is 3. The minimum Gasteiger partial charge on any atom is -0.404 e. The Hall–Kier alpha value is -4.53. The lowest BCUT2D eigenvalue weighted by Gasteiger charge is -2.41. The molecule has 0 spiro atoms. The van der Waals surface area contributed by atoms with Crippen molar-refractivity contribution in [3.8, 4) is 5.75 Å². The third kappa shape index (κ3) is 9.43. The second-order valence-corrected chi connectivity index (χ2v) is 13.7. The highest BCUT2D eigenvalue weighted by molar-refractivity contribution is 5.95. The number of carbonyl (C=O) groups is 4. The van der Waals surface area contributed by atoms with Crippen LogP contribution in [0.1, 0.15) is 63.4 Å². The summed E-state index contributed by atoms with van der Waals surface area (Å²) in [5, 5.41) is 7.97. The average Bonchev–Trinajstić information content (AvgIpc) is 3.13. The van der Waals surface area contributed by atoms with Gasteiger partial charge in [0.05, 0.1) is 5.69 Å². The largest absolute Gasteiger partial charge is 0.573 e. The van der Waals surface area contributed by atoms with Gasteiger partial charge in [0.15, 0.2) is 5.75 Å². The molecule has 2 aromatic rings. The highest BCUT2D eigenvalue weighted by atomic mass is 19.4. The topological polar surface area (TPSA) is 127 Å². The number of urea groups is 2. The first kappa shape index (κ1) is 36.3. The van der Waals surface area contributed by atoms with Gasteiger partial charge in [0, 0.05) is 56.9 Å². The zero-order chi connectivity index (χ0) is 36.0. The van der Waals surface area contributed by atoms with Gasteiger partial charge in [-0.05, 0) is 81.8 Å². The Balaban J connectivity index is 1.06. The highest BCUT2D eigenvalue weighted by Gasteiger charge is 2.36. The van der Waals surface area contributed by atoms with Gasteiger partial charge in [-0.1, -0.05) is 36.8 Å². The van der Waals surface area contributed by atoms with E-state index in [1.165, 1.54) is 37.5 Å². The monoisotopic (exact) mass is 713 g/mol. The molecule has 2 aromatic carbocycles. The molecule has 3 fully saturated rings. The number of benzene rings is 2. The van der Waals surface area contributed by atoms with E-state index in [2.05, 4.69) is 25.6 Å². The van der Waals surface area contributed by atoms with Crippen LogP contribution in [0.5, 0.6) is 5.75 Å². The Morgan fingerprint density at radius 3 is 2.22 bits per heavy atom. The second-order valence-electron chi connectivity index (χ2n) is 13.7. The lowest BCUT2D eigenvalue weighted by molar-refractivity contribution is -0.274. The number of halogens is 3. The fourth-order valence-electron chi connectivity index (χ4n) is 7.68. The number of alkyl halides is 3. The fraction of sp³-hybridized carbons (Fsp3) is 0.556. The molecule has 51 heavy (non-hydrogen) atoms. The maximum Gasteiger partial charge on any atom is 0.573 e. The summed E-state index contributed by atoms with van der Waals surface area (Å²) >= 11 is 0. The maximum absolute atomic E-state index is 13.9. The molecule has 0 bridgehead atoms. The Bertz CT molecular complexity index is 1550. The van der Waals surface area contributed by atoms with Gasteiger partial charge in [0.2, 0.25) is 11.8 Å². The van der Waals surface area contributed by atoms with Gasteiger partial charge < -0.3 is 40.3 Å². The number of carbonyl (C=O) groups excluding carboxylic acids is 4. The number of rotatable bonds is 9. The second kappa shape index (κ2) is 16.2. The lowest BCUT2D eigenvalue weighted by Crippen LogP contribution is -2.54. The molecule has 12 nitrogen and oxygen atoms in total. The van der Waals surface area contributed by atoms with Crippen molar-refractivity contribution >= 4 is 35.3 Å². The van der Waals surface area contributed by atoms with Crippen molar-refractivity contribution in [1.82, 2.24) is 24.9 Å². The number of likely N-dealkylation sites (tertiary alicyclic amines) is 3. The number of piperidine rings is 3. The molecule has 1 atom stereocenters. The number of amides is 6. The molecule has 15 heteroatoms. The van der Waals surface area contributed by atoms with E-state index in [1.54, 1.807) is 9.80 Å². The van der Waals surface area contributed by atoms with Gasteiger partial charge in [-0.25, -0.2) is 9.59 Å². The molecule has 0 aliphatic carbocycles. The van der Waals surface area contributed by atoms with Crippen LogP contribution in [0.25, 0.3) is 0 Å². The Morgan fingerprint density at radius 1 is 0.843 bits per heavy atom. The summed E-state index contributed by atoms with van der Waals surface area (Å²) in [5.41, 5.74) is 1.63. The fourth-order valence-corrected chi connectivity index (χ4v) is 7.68. The van der Waals surface area contributed by atoms with Crippen LogP contribution in [0.4, 0.5) is 34.1 Å². The quantitative estimate of drug-likeness (QED) is 0.321. The van der Waals surface area contributed by atoms with Gasteiger partial charge in [-0.2, -0.15) is 0 Å². The summed E-state index contributed by atoms with van der Waals surface area (Å²) in [5.74, 6) is -1.09. The van der Waals surface area contributed by atoms with Gasteiger partial charge in [0.1, 0.15) is 6.04 Å². The van der Waals surface area contributed by atoms with Crippen LogP contribution in [0.2, 0.25) is 0 Å². The SMILES string of the molecule is O=C(Nc1ccccc1OC(F)(F)F)N[C@@H](CCC(=O)N1CCC(N2Cc3ccccc3NC2=O)CC1)C(=O)N1CCC(N2CCCCC2)CC1. The van der Waals surface area contributed by atoms with E-state index in [9.17, 15) is 32.3 Å². The molecule has 0 unspecified atom stereocenters. The van der Waals surface area contributed by atoms with Crippen LogP contribution in [0, 0.1) is 0 Å². The maximum atomic E-state index is 13.9. The van der Waals surface area contributed by atoms with E-state index in [0.717, 1.165) is 43.2 Å². The minimum absolute atomic E-state index is 0.0169. The first-order valence-electron chi connectivity index (χ1n) is 17.9. The van der Waals surface area contributed by atoms with Crippen molar-refractivity contribution in [2.24, 2.45) is 0 Å². The Morgan fingerprint density at radius 2 is 1.49 bits per heavy atom. The van der Waals surface area contributed by atoms with E-state index < -0.39 is 24.2 Å². The number of anilines is 2. The molecule has 0 radical (unpaired) electrons. The first-order valence-corrected chi connectivity index (χ1v) is 17.9. The zero-order valence-corrected chi connectivity index (χ0v) is 28.6.